The molecule has 0 bridgehead atoms. The predicted octanol–water partition coefficient (Wildman–Crippen LogP) is 1.86. The lowest BCUT2D eigenvalue weighted by Crippen LogP contribution is -2.24. The molecule has 2 rings (SSSR count). The zero-order chi connectivity index (χ0) is 13.0. The third kappa shape index (κ3) is 2.63. The van der Waals surface area contributed by atoms with E-state index in [4.69, 9.17) is 0 Å². The molecule has 1 aromatic heterocycles. The van der Waals surface area contributed by atoms with Gasteiger partial charge < -0.3 is 10.4 Å². The van der Waals surface area contributed by atoms with Crippen LogP contribution in [-0.4, -0.2) is 16.0 Å². The molecular weight excluding hydrogens is 235 g/mol. The van der Waals surface area contributed by atoms with E-state index in [0.29, 0.717) is 0 Å². The molecule has 0 unspecified atom stereocenters. The van der Waals surface area contributed by atoms with E-state index in [-0.39, 0.29) is 17.9 Å². The minimum Gasteiger partial charge on any atom is -0.507 e. The van der Waals surface area contributed by atoms with Crippen LogP contribution in [0.25, 0.3) is 0 Å². The number of phenols is 1. The fourth-order valence-electron chi connectivity index (χ4n) is 1.51. The maximum atomic E-state index is 13.4. The second-order valence-corrected chi connectivity index (χ2v) is 3.68. The van der Waals surface area contributed by atoms with Gasteiger partial charge in [-0.3, -0.25) is 9.78 Å². The Balaban J connectivity index is 2.09. The van der Waals surface area contributed by atoms with E-state index in [9.17, 15) is 14.3 Å². The molecule has 0 fully saturated rings. The number of hydrogen-bond acceptors (Lipinski definition) is 3. The standard InChI is InChI=1S/C13H11FN2O2/c14-10-4-1-5-11(17)12(10)13(18)16-8-9-3-2-6-15-7-9/h1-7,17H,8H2,(H,16,18). The van der Waals surface area contributed by atoms with Crippen LogP contribution in [-0.2, 0) is 6.54 Å². The molecule has 92 valence electrons. The molecule has 0 aliphatic carbocycles. The third-order valence-electron chi connectivity index (χ3n) is 2.39. The number of hydrogen-bond donors (Lipinski definition) is 2. The highest BCUT2D eigenvalue weighted by Crippen LogP contribution is 2.19. The Kier molecular flexibility index (Phi) is 3.52. The van der Waals surface area contributed by atoms with Gasteiger partial charge in [-0.1, -0.05) is 12.1 Å². The van der Waals surface area contributed by atoms with Crippen LogP contribution in [0.5, 0.6) is 5.75 Å². The van der Waals surface area contributed by atoms with Crippen LogP contribution in [0.4, 0.5) is 4.39 Å². The summed E-state index contributed by atoms with van der Waals surface area (Å²) in [6.07, 6.45) is 3.22. The van der Waals surface area contributed by atoms with E-state index in [0.717, 1.165) is 11.6 Å². The van der Waals surface area contributed by atoms with Gasteiger partial charge in [-0.2, -0.15) is 0 Å². The molecule has 0 saturated carbocycles. The zero-order valence-electron chi connectivity index (χ0n) is 9.43. The summed E-state index contributed by atoms with van der Waals surface area (Å²) >= 11 is 0. The molecule has 1 aromatic carbocycles. The number of amides is 1. The van der Waals surface area contributed by atoms with Crippen LogP contribution < -0.4 is 5.32 Å². The van der Waals surface area contributed by atoms with Gasteiger partial charge in [0.25, 0.3) is 5.91 Å². The summed E-state index contributed by atoms with van der Waals surface area (Å²) in [5.41, 5.74) is 0.447. The van der Waals surface area contributed by atoms with Crippen molar-refractivity contribution in [3.05, 3.63) is 59.7 Å². The van der Waals surface area contributed by atoms with Gasteiger partial charge in [-0.05, 0) is 23.8 Å². The first-order valence-electron chi connectivity index (χ1n) is 5.33. The van der Waals surface area contributed by atoms with Crippen LogP contribution >= 0.6 is 0 Å². The minimum absolute atomic E-state index is 0.223. The van der Waals surface area contributed by atoms with Gasteiger partial charge in [0.15, 0.2) is 0 Å². The van der Waals surface area contributed by atoms with E-state index in [2.05, 4.69) is 10.3 Å². The summed E-state index contributed by atoms with van der Waals surface area (Å²) in [6.45, 7) is 0.223. The van der Waals surface area contributed by atoms with Crippen molar-refractivity contribution >= 4 is 5.91 Å². The molecule has 0 atom stereocenters. The van der Waals surface area contributed by atoms with E-state index in [1.165, 1.54) is 12.1 Å². The molecule has 0 aliphatic heterocycles. The number of nitrogens with zero attached hydrogens (tertiary/aromatic N) is 1. The van der Waals surface area contributed by atoms with Gasteiger partial charge in [0.1, 0.15) is 17.1 Å². The average molecular weight is 246 g/mol. The molecule has 4 nitrogen and oxygen atoms in total. The summed E-state index contributed by atoms with van der Waals surface area (Å²) in [6, 6.07) is 7.25. The minimum atomic E-state index is -0.751. The first-order chi connectivity index (χ1) is 8.68. The molecule has 0 saturated heterocycles. The lowest BCUT2D eigenvalue weighted by atomic mass is 10.1. The quantitative estimate of drug-likeness (QED) is 0.868. The molecule has 18 heavy (non-hydrogen) atoms. The molecule has 5 heteroatoms. The van der Waals surface area contributed by atoms with Crippen molar-refractivity contribution in [3.8, 4) is 5.75 Å². The molecule has 2 N–H and O–H groups in total. The molecule has 1 amide bonds. The highest BCUT2D eigenvalue weighted by molar-refractivity contribution is 5.97. The number of halogens is 1. The molecule has 0 aliphatic rings. The highest BCUT2D eigenvalue weighted by atomic mass is 19.1. The smallest absolute Gasteiger partial charge is 0.258 e. The monoisotopic (exact) mass is 246 g/mol. The Morgan fingerprint density at radius 3 is 2.83 bits per heavy atom. The SMILES string of the molecule is O=C(NCc1cccnc1)c1c(O)cccc1F. The summed E-state index contributed by atoms with van der Waals surface area (Å²) in [5, 5.41) is 12.0. The number of aromatic hydroxyl groups is 1. The number of carbonyl (C=O) groups excluding carboxylic acids is 1. The molecule has 1 heterocycles. The molecule has 0 spiro atoms. The first-order valence-corrected chi connectivity index (χ1v) is 5.33. The number of pyridine rings is 1. The van der Waals surface area contributed by atoms with Crippen LogP contribution in [0.1, 0.15) is 15.9 Å². The topological polar surface area (TPSA) is 62.2 Å². The van der Waals surface area contributed by atoms with Gasteiger partial charge >= 0.3 is 0 Å². The van der Waals surface area contributed by atoms with Crippen molar-refractivity contribution in [2.45, 2.75) is 6.54 Å². The second-order valence-electron chi connectivity index (χ2n) is 3.68. The Hall–Kier alpha value is -2.43. The summed E-state index contributed by atoms with van der Waals surface area (Å²) in [7, 11) is 0. The van der Waals surface area contributed by atoms with Gasteiger partial charge in [0.05, 0.1) is 0 Å². The number of carbonyl (C=O) groups is 1. The van der Waals surface area contributed by atoms with Crippen molar-refractivity contribution in [2.75, 3.05) is 0 Å². The normalized spacial score (nSPS) is 10.1. The van der Waals surface area contributed by atoms with Gasteiger partial charge in [-0.15, -0.1) is 0 Å². The Morgan fingerprint density at radius 2 is 2.17 bits per heavy atom. The van der Waals surface area contributed by atoms with Crippen LogP contribution in [0.15, 0.2) is 42.7 Å². The molecule has 2 aromatic rings. The first kappa shape index (κ1) is 12.0. The Morgan fingerprint density at radius 1 is 1.33 bits per heavy atom. The largest absolute Gasteiger partial charge is 0.507 e. The van der Waals surface area contributed by atoms with Crippen LogP contribution in [0.2, 0.25) is 0 Å². The molecular formula is C13H11FN2O2. The predicted molar refractivity (Wildman–Crippen MR) is 63.5 cm³/mol. The fourth-order valence-corrected chi connectivity index (χ4v) is 1.51. The fraction of sp³-hybridized carbons (Fsp3) is 0.0769. The lowest BCUT2D eigenvalue weighted by molar-refractivity contribution is 0.0944. The summed E-state index contributed by atoms with van der Waals surface area (Å²) < 4.78 is 13.4. The van der Waals surface area contributed by atoms with Crippen molar-refractivity contribution < 1.29 is 14.3 Å². The van der Waals surface area contributed by atoms with Gasteiger partial charge in [0.2, 0.25) is 0 Å². The second kappa shape index (κ2) is 5.27. The summed E-state index contributed by atoms with van der Waals surface area (Å²) in [4.78, 5) is 15.6. The number of nitrogens with one attached hydrogen (secondary N) is 1. The lowest BCUT2D eigenvalue weighted by Gasteiger charge is -2.07. The van der Waals surface area contributed by atoms with Gasteiger partial charge in [0, 0.05) is 18.9 Å². The van der Waals surface area contributed by atoms with Crippen LogP contribution in [0.3, 0.4) is 0 Å². The number of benzene rings is 1. The van der Waals surface area contributed by atoms with Crippen molar-refractivity contribution in [1.29, 1.82) is 0 Å². The van der Waals surface area contributed by atoms with E-state index < -0.39 is 11.7 Å². The number of aromatic nitrogens is 1. The Bertz CT molecular complexity index is 538. The van der Waals surface area contributed by atoms with Crippen molar-refractivity contribution in [3.63, 3.8) is 0 Å². The van der Waals surface area contributed by atoms with Crippen molar-refractivity contribution in [2.24, 2.45) is 0 Å². The maximum absolute atomic E-state index is 13.4. The maximum Gasteiger partial charge on any atom is 0.258 e. The Labute approximate surface area is 103 Å². The van der Waals surface area contributed by atoms with E-state index in [1.807, 2.05) is 0 Å². The molecule has 0 radical (unpaired) electrons. The number of phenolic OH excluding ortho intramolecular Hbond substituents is 1. The zero-order valence-corrected chi connectivity index (χ0v) is 9.43. The van der Waals surface area contributed by atoms with Crippen molar-refractivity contribution in [1.82, 2.24) is 10.3 Å². The van der Waals surface area contributed by atoms with Crippen LogP contribution in [0, 0.1) is 5.82 Å². The van der Waals surface area contributed by atoms with E-state index >= 15 is 0 Å². The third-order valence-corrected chi connectivity index (χ3v) is 2.39. The highest BCUT2D eigenvalue weighted by Gasteiger charge is 2.15. The average Bonchev–Trinajstić information content (AvgIpc) is 2.37. The summed E-state index contributed by atoms with van der Waals surface area (Å²) in [5.74, 6) is -1.79. The van der Waals surface area contributed by atoms with E-state index in [1.54, 1.807) is 24.5 Å². The number of rotatable bonds is 3. The van der Waals surface area contributed by atoms with Gasteiger partial charge in [-0.25, -0.2) is 4.39 Å².